The Morgan fingerprint density at radius 3 is 2.70 bits per heavy atom. The standard InChI is InChI=1S/C13H16ClN5O/c1-13(10-5-17-18(2)8-10)9-19(3-4-20-13)12-15-6-11(14)7-16-12/h5-8H,3-4,9H2,1-2H3. The number of rotatable bonds is 2. The van der Waals surface area contributed by atoms with Crippen molar-refractivity contribution in [2.75, 3.05) is 24.6 Å². The summed E-state index contributed by atoms with van der Waals surface area (Å²) in [6.45, 7) is 4.13. The first-order valence-corrected chi connectivity index (χ1v) is 6.80. The number of hydrogen-bond donors (Lipinski definition) is 0. The van der Waals surface area contributed by atoms with Crippen LogP contribution in [0, 0.1) is 0 Å². The van der Waals surface area contributed by atoms with Crippen LogP contribution < -0.4 is 4.90 Å². The molecule has 1 atom stereocenters. The summed E-state index contributed by atoms with van der Waals surface area (Å²) in [6, 6.07) is 0. The second-order valence-corrected chi connectivity index (χ2v) is 5.54. The van der Waals surface area contributed by atoms with E-state index in [4.69, 9.17) is 16.3 Å². The Labute approximate surface area is 122 Å². The molecule has 0 spiro atoms. The predicted octanol–water partition coefficient (Wildman–Crippen LogP) is 1.62. The minimum absolute atomic E-state index is 0.407. The third-order valence-corrected chi connectivity index (χ3v) is 3.67. The van der Waals surface area contributed by atoms with Gasteiger partial charge in [-0.3, -0.25) is 4.68 Å². The summed E-state index contributed by atoms with van der Waals surface area (Å²) in [5.41, 5.74) is 0.647. The summed E-state index contributed by atoms with van der Waals surface area (Å²) in [5.74, 6) is 0.674. The third-order valence-electron chi connectivity index (χ3n) is 3.48. The molecule has 0 N–H and O–H groups in total. The Kier molecular flexibility index (Phi) is 3.35. The molecule has 3 heterocycles. The van der Waals surface area contributed by atoms with E-state index in [1.54, 1.807) is 17.1 Å². The van der Waals surface area contributed by atoms with Crippen LogP contribution >= 0.6 is 11.6 Å². The lowest BCUT2D eigenvalue weighted by atomic mass is 9.97. The molecule has 1 fully saturated rings. The van der Waals surface area contributed by atoms with Crippen molar-refractivity contribution in [1.29, 1.82) is 0 Å². The number of nitrogens with zero attached hydrogens (tertiary/aromatic N) is 5. The van der Waals surface area contributed by atoms with Crippen LogP contribution in [0.3, 0.4) is 0 Å². The van der Waals surface area contributed by atoms with Crippen LogP contribution in [0.15, 0.2) is 24.8 Å². The fourth-order valence-corrected chi connectivity index (χ4v) is 2.48. The molecule has 0 radical (unpaired) electrons. The Balaban J connectivity index is 1.84. The molecule has 1 unspecified atom stereocenters. The van der Waals surface area contributed by atoms with Gasteiger partial charge in [-0.2, -0.15) is 5.10 Å². The van der Waals surface area contributed by atoms with Crippen molar-refractivity contribution in [1.82, 2.24) is 19.7 Å². The summed E-state index contributed by atoms with van der Waals surface area (Å²) in [4.78, 5) is 10.6. The molecule has 106 valence electrons. The van der Waals surface area contributed by atoms with E-state index in [9.17, 15) is 0 Å². The zero-order valence-corrected chi connectivity index (χ0v) is 12.2. The lowest BCUT2D eigenvalue weighted by molar-refractivity contribution is -0.0470. The van der Waals surface area contributed by atoms with Gasteiger partial charge in [0.1, 0.15) is 5.60 Å². The minimum atomic E-state index is -0.407. The number of halogens is 1. The maximum Gasteiger partial charge on any atom is 0.225 e. The van der Waals surface area contributed by atoms with E-state index < -0.39 is 5.60 Å². The van der Waals surface area contributed by atoms with Crippen molar-refractivity contribution >= 4 is 17.5 Å². The van der Waals surface area contributed by atoms with Crippen LogP contribution in [0.25, 0.3) is 0 Å². The van der Waals surface area contributed by atoms with Crippen molar-refractivity contribution < 1.29 is 4.74 Å². The van der Waals surface area contributed by atoms with Crippen molar-refractivity contribution in [3.8, 4) is 0 Å². The first kappa shape index (κ1) is 13.3. The molecule has 0 aliphatic carbocycles. The molecule has 20 heavy (non-hydrogen) atoms. The summed E-state index contributed by atoms with van der Waals surface area (Å²) in [5, 5.41) is 4.75. The van der Waals surface area contributed by atoms with Gasteiger partial charge < -0.3 is 9.64 Å². The molecule has 0 bridgehead atoms. The Morgan fingerprint density at radius 1 is 1.30 bits per heavy atom. The zero-order valence-electron chi connectivity index (χ0n) is 11.5. The largest absolute Gasteiger partial charge is 0.367 e. The third kappa shape index (κ3) is 2.48. The van der Waals surface area contributed by atoms with Crippen molar-refractivity contribution in [2.45, 2.75) is 12.5 Å². The van der Waals surface area contributed by atoms with E-state index in [0.29, 0.717) is 24.1 Å². The summed E-state index contributed by atoms with van der Waals surface area (Å²) < 4.78 is 7.74. The Bertz CT molecular complexity index is 599. The van der Waals surface area contributed by atoms with Gasteiger partial charge in [0.15, 0.2) is 0 Å². The van der Waals surface area contributed by atoms with Gasteiger partial charge in [-0.05, 0) is 6.92 Å². The van der Waals surface area contributed by atoms with Crippen LogP contribution in [-0.4, -0.2) is 39.4 Å². The highest BCUT2D eigenvalue weighted by Crippen LogP contribution is 2.30. The monoisotopic (exact) mass is 293 g/mol. The molecule has 6 nitrogen and oxygen atoms in total. The molecule has 1 saturated heterocycles. The highest BCUT2D eigenvalue weighted by molar-refractivity contribution is 6.30. The predicted molar refractivity (Wildman–Crippen MR) is 75.8 cm³/mol. The molecule has 0 aromatic carbocycles. The fourth-order valence-electron chi connectivity index (χ4n) is 2.38. The van der Waals surface area contributed by atoms with E-state index in [1.165, 1.54) is 0 Å². The van der Waals surface area contributed by atoms with Gasteiger partial charge in [0.05, 0.1) is 36.8 Å². The summed E-state index contributed by atoms with van der Waals surface area (Å²) in [6.07, 6.45) is 7.04. The fraction of sp³-hybridized carbons (Fsp3) is 0.462. The van der Waals surface area contributed by atoms with Crippen LogP contribution in [-0.2, 0) is 17.4 Å². The Morgan fingerprint density at radius 2 is 2.05 bits per heavy atom. The van der Waals surface area contributed by atoms with Gasteiger partial charge in [0.2, 0.25) is 5.95 Å². The zero-order chi connectivity index (χ0) is 14.2. The molecule has 1 aliphatic rings. The van der Waals surface area contributed by atoms with E-state index in [0.717, 1.165) is 12.1 Å². The maximum absolute atomic E-state index is 5.96. The first-order chi connectivity index (χ1) is 9.57. The summed E-state index contributed by atoms with van der Waals surface area (Å²) in [7, 11) is 1.90. The van der Waals surface area contributed by atoms with Gasteiger partial charge in [0.25, 0.3) is 0 Å². The van der Waals surface area contributed by atoms with Crippen molar-refractivity contribution in [2.24, 2.45) is 7.05 Å². The lowest BCUT2D eigenvalue weighted by Crippen LogP contribution is -2.48. The average molecular weight is 294 g/mol. The first-order valence-electron chi connectivity index (χ1n) is 6.42. The molecule has 2 aromatic rings. The van der Waals surface area contributed by atoms with Crippen LogP contribution in [0.2, 0.25) is 5.02 Å². The number of morpholine rings is 1. The van der Waals surface area contributed by atoms with Gasteiger partial charge in [-0.15, -0.1) is 0 Å². The van der Waals surface area contributed by atoms with Gasteiger partial charge in [-0.25, -0.2) is 9.97 Å². The SMILES string of the molecule is Cn1cc(C2(C)CN(c3ncc(Cl)cn3)CCO2)cn1. The van der Waals surface area contributed by atoms with Crippen LogP contribution in [0.1, 0.15) is 12.5 Å². The van der Waals surface area contributed by atoms with E-state index in [1.807, 2.05) is 19.4 Å². The lowest BCUT2D eigenvalue weighted by Gasteiger charge is -2.40. The molecule has 3 rings (SSSR count). The quantitative estimate of drug-likeness (QED) is 0.842. The second kappa shape index (κ2) is 5.03. The molecular weight excluding hydrogens is 278 g/mol. The smallest absolute Gasteiger partial charge is 0.225 e. The van der Waals surface area contributed by atoms with Gasteiger partial charge >= 0.3 is 0 Å². The number of aryl methyl sites for hydroxylation is 1. The highest BCUT2D eigenvalue weighted by atomic mass is 35.5. The van der Waals surface area contributed by atoms with E-state index in [2.05, 4.69) is 26.9 Å². The number of ether oxygens (including phenoxy) is 1. The normalized spacial score (nSPS) is 23.1. The van der Waals surface area contributed by atoms with Gasteiger partial charge in [-0.1, -0.05) is 11.6 Å². The van der Waals surface area contributed by atoms with Crippen LogP contribution in [0.4, 0.5) is 5.95 Å². The second-order valence-electron chi connectivity index (χ2n) is 5.10. The molecule has 0 saturated carbocycles. The van der Waals surface area contributed by atoms with E-state index in [-0.39, 0.29) is 0 Å². The highest BCUT2D eigenvalue weighted by Gasteiger charge is 2.35. The van der Waals surface area contributed by atoms with Crippen molar-refractivity contribution in [3.63, 3.8) is 0 Å². The molecule has 2 aromatic heterocycles. The summed E-state index contributed by atoms with van der Waals surface area (Å²) >= 11 is 5.83. The molecule has 7 heteroatoms. The average Bonchev–Trinajstić information content (AvgIpc) is 2.87. The maximum atomic E-state index is 5.96. The molecule has 0 amide bonds. The van der Waals surface area contributed by atoms with E-state index >= 15 is 0 Å². The number of anilines is 1. The number of hydrogen-bond acceptors (Lipinski definition) is 5. The van der Waals surface area contributed by atoms with Crippen LogP contribution in [0.5, 0.6) is 0 Å². The van der Waals surface area contributed by atoms with Gasteiger partial charge in [0, 0.05) is 25.4 Å². The minimum Gasteiger partial charge on any atom is -0.367 e. The topological polar surface area (TPSA) is 56.1 Å². The molecule has 1 aliphatic heterocycles. The number of aromatic nitrogens is 4. The Hall–Kier alpha value is -1.66. The molecular formula is C13H16ClN5O. The van der Waals surface area contributed by atoms with Crippen molar-refractivity contribution in [3.05, 3.63) is 35.4 Å².